The molecule has 0 aromatic carbocycles. The molecule has 1 rings (SSSR count). The number of rotatable bonds is 2. The Morgan fingerprint density at radius 1 is 1.36 bits per heavy atom. The molecule has 0 aromatic rings. The maximum absolute atomic E-state index is 10.7. The first kappa shape index (κ1) is 8.45. The molecule has 1 saturated heterocycles. The van der Waals surface area contributed by atoms with E-state index >= 15 is 0 Å². The van der Waals surface area contributed by atoms with Gasteiger partial charge in [-0.2, -0.15) is 0 Å². The highest BCUT2D eigenvalue weighted by molar-refractivity contribution is 5.75. The summed E-state index contributed by atoms with van der Waals surface area (Å²) in [5, 5.41) is 26.3. The highest BCUT2D eigenvalue weighted by Crippen LogP contribution is 2.20. The van der Waals surface area contributed by atoms with E-state index in [9.17, 15) is 4.79 Å². The predicted molar refractivity (Wildman–Crippen MR) is 33.5 cm³/mol. The molecule has 1 fully saturated rings. The van der Waals surface area contributed by atoms with Crippen LogP contribution >= 0.6 is 0 Å². The van der Waals surface area contributed by atoms with Crippen molar-refractivity contribution >= 4 is 5.97 Å². The van der Waals surface area contributed by atoms with Crippen LogP contribution in [0.1, 0.15) is 0 Å². The normalized spacial score (nSPS) is 37.4. The topological polar surface area (TPSA) is 87.0 Å². The average Bonchev–Trinajstić information content (AvgIpc) is 2.26. The van der Waals surface area contributed by atoms with E-state index in [1.807, 2.05) is 0 Å². The first-order valence-corrected chi connectivity index (χ1v) is 3.31. The van der Waals surface area contributed by atoms with Gasteiger partial charge in [0.15, 0.2) is 6.10 Å². The standard InChI is InChI=1S/C6H10O5/c7-1-3-5(9)4(2-8)11-6(3)10/h3-5,7-9H,1-2H2/t3-,4-,5-/m1/s1. The molecule has 3 N–H and O–H groups in total. The Kier molecular flexibility index (Phi) is 2.43. The first-order chi connectivity index (χ1) is 5.20. The third kappa shape index (κ3) is 1.35. The van der Waals surface area contributed by atoms with Crippen LogP contribution in [0.4, 0.5) is 0 Å². The van der Waals surface area contributed by atoms with Gasteiger partial charge in [0.1, 0.15) is 12.0 Å². The first-order valence-electron chi connectivity index (χ1n) is 3.31. The molecular weight excluding hydrogens is 152 g/mol. The van der Waals surface area contributed by atoms with Crippen molar-refractivity contribution < 1.29 is 24.9 Å². The van der Waals surface area contributed by atoms with E-state index in [1.165, 1.54) is 0 Å². The van der Waals surface area contributed by atoms with Crippen LogP contribution in [-0.2, 0) is 9.53 Å². The summed E-state index contributed by atoms with van der Waals surface area (Å²) in [6.45, 7) is -0.861. The van der Waals surface area contributed by atoms with Crippen LogP contribution in [0.2, 0.25) is 0 Å². The molecule has 0 spiro atoms. The summed E-state index contributed by atoms with van der Waals surface area (Å²) >= 11 is 0. The third-order valence-electron chi connectivity index (χ3n) is 1.74. The fraction of sp³-hybridized carbons (Fsp3) is 0.833. The summed E-state index contributed by atoms with van der Waals surface area (Å²) in [5.41, 5.74) is 0. The van der Waals surface area contributed by atoms with Gasteiger partial charge < -0.3 is 20.1 Å². The zero-order chi connectivity index (χ0) is 8.43. The molecule has 5 heteroatoms. The third-order valence-corrected chi connectivity index (χ3v) is 1.74. The lowest BCUT2D eigenvalue weighted by atomic mass is 10.0. The lowest BCUT2D eigenvalue weighted by molar-refractivity contribution is -0.146. The highest BCUT2D eigenvalue weighted by atomic mass is 16.6. The fourth-order valence-electron chi connectivity index (χ4n) is 1.03. The largest absolute Gasteiger partial charge is 0.457 e. The van der Waals surface area contributed by atoms with Crippen LogP contribution in [0.5, 0.6) is 0 Å². The number of cyclic esters (lactones) is 1. The summed E-state index contributed by atoms with van der Waals surface area (Å²) in [5.74, 6) is -1.55. The SMILES string of the molecule is O=C1O[C@H](CO)[C@H](O)[C@H]1CO. The van der Waals surface area contributed by atoms with Crippen molar-refractivity contribution in [3.8, 4) is 0 Å². The molecule has 0 radical (unpaired) electrons. The molecule has 0 amide bonds. The van der Waals surface area contributed by atoms with Gasteiger partial charge in [-0.05, 0) is 0 Å². The molecule has 5 nitrogen and oxygen atoms in total. The van der Waals surface area contributed by atoms with E-state index in [2.05, 4.69) is 4.74 Å². The number of hydrogen-bond acceptors (Lipinski definition) is 5. The lowest BCUT2D eigenvalue weighted by Crippen LogP contribution is -2.31. The van der Waals surface area contributed by atoms with Gasteiger partial charge in [0.2, 0.25) is 0 Å². The molecule has 0 bridgehead atoms. The number of carbonyl (C=O) groups excluding carboxylic acids is 1. The fourth-order valence-corrected chi connectivity index (χ4v) is 1.03. The Morgan fingerprint density at radius 3 is 2.27 bits per heavy atom. The second kappa shape index (κ2) is 3.17. The van der Waals surface area contributed by atoms with Crippen molar-refractivity contribution in [1.82, 2.24) is 0 Å². The highest BCUT2D eigenvalue weighted by Gasteiger charge is 2.42. The smallest absolute Gasteiger partial charge is 0.314 e. The summed E-state index contributed by atoms with van der Waals surface area (Å²) in [7, 11) is 0. The van der Waals surface area contributed by atoms with Crippen molar-refractivity contribution in [3.05, 3.63) is 0 Å². The van der Waals surface area contributed by atoms with Gasteiger partial charge >= 0.3 is 5.97 Å². The van der Waals surface area contributed by atoms with E-state index in [1.54, 1.807) is 0 Å². The van der Waals surface area contributed by atoms with Gasteiger partial charge in [-0.15, -0.1) is 0 Å². The molecule has 0 unspecified atom stereocenters. The molecule has 0 aliphatic carbocycles. The van der Waals surface area contributed by atoms with Crippen molar-refractivity contribution in [1.29, 1.82) is 0 Å². The van der Waals surface area contributed by atoms with Gasteiger partial charge in [-0.25, -0.2) is 0 Å². The number of aliphatic hydroxyl groups is 3. The van der Waals surface area contributed by atoms with E-state index < -0.39 is 37.3 Å². The molecule has 64 valence electrons. The monoisotopic (exact) mass is 162 g/mol. The van der Waals surface area contributed by atoms with Crippen LogP contribution in [0.15, 0.2) is 0 Å². The minimum absolute atomic E-state index is 0.413. The van der Waals surface area contributed by atoms with Crippen molar-refractivity contribution in [3.63, 3.8) is 0 Å². The van der Waals surface area contributed by atoms with E-state index in [-0.39, 0.29) is 0 Å². The molecule has 11 heavy (non-hydrogen) atoms. The Balaban J connectivity index is 2.62. The Hall–Kier alpha value is -0.650. The Bertz CT molecular complexity index is 157. The number of aliphatic hydroxyl groups excluding tert-OH is 3. The quantitative estimate of drug-likeness (QED) is 0.404. The summed E-state index contributed by atoms with van der Waals surface area (Å²) < 4.78 is 4.53. The van der Waals surface area contributed by atoms with Crippen LogP contribution < -0.4 is 0 Å². The zero-order valence-corrected chi connectivity index (χ0v) is 5.80. The molecular formula is C6H10O5. The molecule has 0 saturated carbocycles. The van der Waals surface area contributed by atoms with Crippen LogP contribution in [0.25, 0.3) is 0 Å². The lowest BCUT2D eigenvalue weighted by Gasteiger charge is -2.10. The second-order valence-electron chi connectivity index (χ2n) is 2.44. The van der Waals surface area contributed by atoms with Gasteiger partial charge in [-0.3, -0.25) is 4.79 Å². The maximum Gasteiger partial charge on any atom is 0.314 e. The molecule has 0 aromatic heterocycles. The maximum atomic E-state index is 10.7. The number of hydrogen-bond donors (Lipinski definition) is 3. The number of carbonyl (C=O) groups is 1. The molecule has 1 aliphatic rings. The van der Waals surface area contributed by atoms with Gasteiger partial charge in [0.25, 0.3) is 0 Å². The summed E-state index contributed by atoms with van der Waals surface area (Å²) in [6.07, 6.45) is -1.96. The van der Waals surface area contributed by atoms with E-state index in [4.69, 9.17) is 15.3 Å². The second-order valence-corrected chi connectivity index (χ2v) is 2.44. The minimum atomic E-state index is -1.09. The van der Waals surface area contributed by atoms with Crippen LogP contribution in [-0.4, -0.2) is 46.7 Å². The van der Waals surface area contributed by atoms with Crippen LogP contribution in [0.3, 0.4) is 0 Å². The average molecular weight is 162 g/mol. The summed E-state index contributed by atoms with van der Waals surface area (Å²) in [6, 6.07) is 0. The predicted octanol–water partition coefficient (Wildman–Crippen LogP) is -2.13. The van der Waals surface area contributed by atoms with Gasteiger partial charge in [0.05, 0.1) is 13.2 Å². The van der Waals surface area contributed by atoms with Crippen molar-refractivity contribution in [2.45, 2.75) is 12.2 Å². The minimum Gasteiger partial charge on any atom is -0.457 e. The molecule has 1 heterocycles. The van der Waals surface area contributed by atoms with Crippen molar-refractivity contribution in [2.24, 2.45) is 5.92 Å². The van der Waals surface area contributed by atoms with E-state index in [0.717, 1.165) is 0 Å². The summed E-state index contributed by atoms with van der Waals surface area (Å²) in [4.78, 5) is 10.7. The molecule has 3 atom stereocenters. The van der Waals surface area contributed by atoms with Gasteiger partial charge in [-0.1, -0.05) is 0 Å². The Labute approximate surface area is 63.2 Å². The van der Waals surface area contributed by atoms with E-state index in [0.29, 0.717) is 0 Å². The molecule has 1 aliphatic heterocycles. The number of ether oxygens (including phenoxy) is 1. The van der Waals surface area contributed by atoms with Gasteiger partial charge in [0, 0.05) is 0 Å². The van der Waals surface area contributed by atoms with Crippen molar-refractivity contribution in [2.75, 3.05) is 13.2 Å². The Morgan fingerprint density at radius 2 is 2.00 bits per heavy atom. The zero-order valence-electron chi connectivity index (χ0n) is 5.80. The number of esters is 1. The van der Waals surface area contributed by atoms with Crippen LogP contribution in [0, 0.1) is 5.92 Å².